The lowest BCUT2D eigenvalue weighted by atomic mass is 9.93. The largest absolute Gasteiger partial charge is 0.394 e. The minimum Gasteiger partial charge on any atom is -0.394 e. The van der Waals surface area contributed by atoms with Crippen molar-refractivity contribution in [3.8, 4) is 0 Å². The third kappa shape index (κ3) is 25.5. The van der Waals surface area contributed by atoms with E-state index < -0.39 is 422 Å². The molecular weight excluding hydrogens is 1820 g/mol. The minimum atomic E-state index is -2.61. The first kappa shape index (κ1) is 110. The van der Waals surface area contributed by atoms with Crippen molar-refractivity contribution in [3.05, 3.63) is 0 Å². The zero-order valence-electron chi connectivity index (χ0n) is 71.7. The molecule has 0 aromatic heterocycles. The Labute approximate surface area is 753 Å². The summed E-state index contributed by atoms with van der Waals surface area (Å²) < 4.78 is 119. The van der Waals surface area contributed by atoms with E-state index in [0.717, 1.165) is 34.6 Å². The average molecular weight is 1950 g/mol. The highest BCUT2D eigenvalue weighted by Crippen LogP contribution is 2.41. The van der Waals surface area contributed by atoms with Gasteiger partial charge in [0, 0.05) is 34.6 Å². The summed E-state index contributed by atoms with van der Waals surface area (Å²) in [6.07, 6.45) is -93.9. The summed E-state index contributed by atoms with van der Waals surface area (Å²) in [5, 5.41) is 317. The van der Waals surface area contributed by atoms with Crippen molar-refractivity contribution in [2.45, 2.75) is 347 Å². The monoisotopic (exact) mass is 1940 g/mol. The molecule has 10 saturated heterocycles. The molecule has 10 fully saturated rings. The number of hydrogen-bond donors (Lipinski definition) is 33. The number of aliphatic hydroxyl groups excluding tert-OH is 27. The van der Waals surface area contributed by atoms with E-state index in [1.54, 1.807) is 0 Å². The van der Waals surface area contributed by atoms with Crippen LogP contribution in [0.25, 0.3) is 0 Å². The molecule has 10 aliphatic rings. The number of carbonyl (C=O) groups is 6. The van der Waals surface area contributed by atoms with Gasteiger partial charge < -0.3 is 265 Å². The second-order valence-corrected chi connectivity index (χ2v) is 33.2. The molecule has 0 spiro atoms. The standard InChI is InChI=1S/C74H124N6O53/c1-19(91)76-35-46(102)40(96)25(7-82)117-65(35)115-16-33-44(100)63(132-67-36(77-20(2)92)47(103)41(97)26(8-83)118-67)56(112)73(125-33)128-60-31(13-88)123-69(39(50(60)106)80-23(5)95)133-64-45(101)34(17-116-66-37(78-21(3)93)48(104)58(29(11-86)121-66)127-71-53(109)51(107)42(98)27(9-84)119-71)126-74(57(64)113)129-59-30(12-87)122-68(38(49(59)105)79-22(4)94)131-62-43(99)28(10-85)120-72(55(62)111)130-61-32(14-89)124-70(54(110)52(61)108)114-15-24(6-81)75-18-90/h18,24-74,81-89,96-113H,6-17H2,1-5H3,(H,75,90)(H,76,91)(H,77,92)(H,78,93)(H,79,94)(H,80,95)/t24-,25-,26-,27-,28-,29-,30-,31-,32-,33-,34-,35-,36-,37-,38-,39-,40-,41-,42+,43+,44+,45+,46-,47-,48-,49-,50-,51+,52-,53-,54-,55-,56-,57-,58-,59-,60-,61-,62+,63+,64+,65-,66-,67+,68+,69+,70-,71+,72+,73+,74+/m1/s1. The lowest BCUT2D eigenvalue weighted by Crippen LogP contribution is -2.71. The van der Waals surface area contributed by atoms with E-state index >= 15 is 0 Å². The van der Waals surface area contributed by atoms with Gasteiger partial charge in [-0.05, 0) is 0 Å². The van der Waals surface area contributed by atoms with Crippen LogP contribution in [0.15, 0.2) is 0 Å². The number of nitrogens with one attached hydrogen (secondary N) is 6. The summed E-state index contributed by atoms with van der Waals surface area (Å²) in [5.74, 6) is -4.72. The number of hydrogen-bond acceptors (Lipinski definition) is 53. The fourth-order valence-electron chi connectivity index (χ4n) is 16.9. The van der Waals surface area contributed by atoms with Crippen LogP contribution in [0, 0.1) is 0 Å². The highest BCUT2D eigenvalue weighted by molar-refractivity contribution is 5.75. The third-order valence-corrected chi connectivity index (χ3v) is 23.8. The molecule has 33 N–H and O–H groups in total. The van der Waals surface area contributed by atoms with Gasteiger partial charge in [-0.15, -0.1) is 0 Å². The van der Waals surface area contributed by atoms with Gasteiger partial charge in [0.15, 0.2) is 62.9 Å². The summed E-state index contributed by atoms with van der Waals surface area (Å²) in [4.78, 5) is 75.8. The number of rotatable bonds is 39. The molecule has 10 aliphatic heterocycles. The van der Waals surface area contributed by atoms with E-state index in [-0.39, 0.29) is 6.41 Å². The Morgan fingerprint density at radius 2 is 0.481 bits per heavy atom. The number of amides is 6. The van der Waals surface area contributed by atoms with Crippen molar-refractivity contribution in [2.24, 2.45) is 0 Å². The van der Waals surface area contributed by atoms with Crippen LogP contribution < -0.4 is 31.9 Å². The SMILES string of the molecule is CC(=O)N[C@H]1[C@H](OC[C@H]2O[C@@H](O[C@H]3[C@H](O)[C@@H](NC(C)=O)[C@H](O[C@H]4[C@@H](O)[C@@H](CO)O[C@@H](O[C@H]5[C@H](O)[C@@H](O)[C@H](OC[C@@H](CO)NC=O)O[C@@H]5CO)[C@@H]4O)O[C@@H]3CO)[C@H](O)[C@@H](O[C@@H]3O[C@H](CO)[C@@H](O[C@@H]4O[C@H](CO[C@@H]5O[C@H](CO)[C@@H](O)[C@H](O)[C@H]5NC(C)=O)[C@H](O)[C@H](O[C@@H]5O[C@H](CO)[C@@H](O)[C@H](O)[C@H]5NC(C)=O)[C@H]4O)[C@H](O)[C@H]3NC(C)=O)[C@H]2O)O[C@H](CO)[C@@H](O[C@@H]2O[C@H](CO)[C@H](O)[C@H](O)[C@H]2O)[C@@H]1O. The molecule has 0 radical (unpaired) electrons. The van der Waals surface area contributed by atoms with E-state index in [9.17, 15) is 167 Å². The Balaban J connectivity index is 0.960. The molecule has 51 atom stereocenters. The Morgan fingerprint density at radius 3 is 0.805 bits per heavy atom. The number of ether oxygens (including phenoxy) is 20. The van der Waals surface area contributed by atoms with Gasteiger partial charge in [0.25, 0.3) is 0 Å². The van der Waals surface area contributed by atoms with E-state index in [1.807, 2.05) is 0 Å². The van der Waals surface area contributed by atoms with Crippen LogP contribution in [0.3, 0.4) is 0 Å². The Kier molecular flexibility index (Phi) is 40.8. The fourth-order valence-corrected chi connectivity index (χ4v) is 16.9. The van der Waals surface area contributed by atoms with E-state index in [1.165, 1.54) is 0 Å². The molecule has 0 unspecified atom stereocenters. The lowest BCUT2D eigenvalue weighted by Gasteiger charge is -2.51. The average Bonchev–Trinajstić information content (AvgIpc) is 0.762. The van der Waals surface area contributed by atoms with Crippen molar-refractivity contribution in [3.63, 3.8) is 0 Å². The van der Waals surface area contributed by atoms with Crippen molar-refractivity contribution in [2.75, 3.05) is 79.3 Å². The summed E-state index contributed by atoms with van der Waals surface area (Å²) in [5.41, 5.74) is 0. The van der Waals surface area contributed by atoms with Crippen LogP contribution in [0.1, 0.15) is 34.6 Å². The predicted molar refractivity (Wildman–Crippen MR) is 411 cm³/mol. The number of aliphatic hydroxyl groups is 27. The molecule has 10 heterocycles. The van der Waals surface area contributed by atoms with Gasteiger partial charge in [-0.3, -0.25) is 28.8 Å². The van der Waals surface area contributed by atoms with Crippen LogP contribution in [-0.2, 0) is 124 Å². The lowest BCUT2D eigenvalue weighted by molar-refractivity contribution is -0.391. The van der Waals surface area contributed by atoms with Gasteiger partial charge in [0.05, 0.1) is 85.3 Å². The van der Waals surface area contributed by atoms with Crippen molar-refractivity contribution < 1.29 is 261 Å². The van der Waals surface area contributed by atoms with Crippen molar-refractivity contribution in [1.29, 1.82) is 0 Å². The van der Waals surface area contributed by atoms with Gasteiger partial charge in [0.2, 0.25) is 35.9 Å². The van der Waals surface area contributed by atoms with Crippen LogP contribution >= 0.6 is 0 Å². The fraction of sp³-hybridized carbons (Fsp3) is 0.919. The molecule has 0 bridgehead atoms. The molecule has 59 heteroatoms. The van der Waals surface area contributed by atoms with Crippen LogP contribution in [0.2, 0.25) is 0 Å². The zero-order chi connectivity index (χ0) is 97.9. The normalized spacial score (nSPS) is 46.7. The highest BCUT2D eigenvalue weighted by Gasteiger charge is 2.62. The molecule has 6 amide bonds. The first-order valence-corrected chi connectivity index (χ1v) is 42.3. The topological polar surface area (TPSA) is 905 Å². The summed E-state index contributed by atoms with van der Waals surface area (Å²) in [7, 11) is 0. The Hall–Kier alpha value is -5.06. The van der Waals surface area contributed by atoms with Crippen LogP contribution in [0.5, 0.6) is 0 Å². The highest BCUT2D eigenvalue weighted by atomic mass is 16.8. The maximum atomic E-state index is 13.5. The van der Waals surface area contributed by atoms with Crippen molar-refractivity contribution in [1.82, 2.24) is 31.9 Å². The molecule has 10 rings (SSSR count). The Bertz CT molecular complexity index is 3630. The molecule has 0 saturated carbocycles. The molecule has 59 nitrogen and oxygen atoms in total. The van der Waals surface area contributed by atoms with Crippen LogP contribution in [-0.4, -0.2) is 566 Å². The Morgan fingerprint density at radius 1 is 0.248 bits per heavy atom. The molecular formula is C74H124N6O53. The van der Waals surface area contributed by atoms with E-state index in [2.05, 4.69) is 31.9 Å². The molecule has 768 valence electrons. The quantitative estimate of drug-likeness (QED) is 0.0254. The molecule has 0 aromatic rings. The van der Waals surface area contributed by atoms with Gasteiger partial charge in [-0.2, -0.15) is 0 Å². The minimum absolute atomic E-state index is 0.236. The number of carbonyl (C=O) groups excluding carboxylic acids is 6. The third-order valence-electron chi connectivity index (χ3n) is 23.8. The molecule has 0 aliphatic carbocycles. The van der Waals surface area contributed by atoms with E-state index in [0.29, 0.717) is 0 Å². The first-order chi connectivity index (χ1) is 63.1. The summed E-state index contributed by atoms with van der Waals surface area (Å²) in [6.45, 7) is -7.48. The van der Waals surface area contributed by atoms with Crippen LogP contribution in [0.4, 0.5) is 0 Å². The molecule has 133 heavy (non-hydrogen) atoms. The first-order valence-electron chi connectivity index (χ1n) is 42.3. The second kappa shape index (κ2) is 49.4. The second-order valence-electron chi connectivity index (χ2n) is 33.2. The van der Waals surface area contributed by atoms with Gasteiger partial charge >= 0.3 is 0 Å². The maximum absolute atomic E-state index is 13.5. The van der Waals surface area contributed by atoms with Gasteiger partial charge in [-0.25, -0.2) is 0 Å². The van der Waals surface area contributed by atoms with Crippen molar-refractivity contribution >= 4 is 35.9 Å². The maximum Gasteiger partial charge on any atom is 0.217 e. The summed E-state index contributed by atoms with van der Waals surface area (Å²) in [6, 6.07) is -10.6. The van der Waals surface area contributed by atoms with Gasteiger partial charge in [0.1, 0.15) is 244 Å². The zero-order valence-corrected chi connectivity index (χ0v) is 71.7. The molecule has 0 aromatic carbocycles. The smallest absolute Gasteiger partial charge is 0.217 e. The summed E-state index contributed by atoms with van der Waals surface area (Å²) >= 11 is 0. The van der Waals surface area contributed by atoms with E-state index in [4.69, 9.17) is 94.7 Å². The van der Waals surface area contributed by atoms with Gasteiger partial charge in [-0.1, -0.05) is 0 Å². The predicted octanol–water partition coefficient (Wildman–Crippen LogP) is -23.0.